The van der Waals surface area contributed by atoms with Crippen LogP contribution in [0.3, 0.4) is 0 Å². The summed E-state index contributed by atoms with van der Waals surface area (Å²) in [4.78, 5) is 16.0. The molecule has 0 spiro atoms. The van der Waals surface area contributed by atoms with E-state index in [2.05, 4.69) is 9.72 Å². The van der Waals surface area contributed by atoms with Gasteiger partial charge >= 0.3 is 12.6 Å². The summed E-state index contributed by atoms with van der Waals surface area (Å²) in [7, 11) is 0. The van der Waals surface area contributed by atoms with E-state index in [1.807, 2.05) is 25.1 Å². The van der Waals surface area contributed by atoms with E-state index in [0.29, 0.717) is 18.6 Å². The number of carbonyl (C=O) groups excluding carboxylic acids is 1. The lowest BCUT2D eigenvalue weighted by molar-refractivity contribution is -0.137. The lowest BCUT2D eigenvalue weighted by atomic mass is 10.2. The number of esters is 1. The highest BCUT2D eigenvalue weighted by molar-refractivity contribution is 5.87. The van der Waals surface area contributed by atoms with Gasteiger partial charge in [0.15, 0.2) is 0 Å². The van der Waals surface area contributed by atoms with Crippen LogP contribution >= 0.6 is 0 Å². The molecule has 2 aromatic rings. The number of alkyl halides is 2. The summed E-state index contributed by atoms with van der Waals surface area (Å²) < 4.78 is 33.5. The molecule has 0 N–H and O–H groups in total. The topological polar surface area (TPSA) is 48.4 Å². The van der Waals surface area contributed by atoms with Gasteiger partial charge in [0.2, 0.25) is 0 Å². The van der Waals surface area contributed by atoms with Crippen LogP contribution in [-0.2, 0) is 16.0 Å². The van der Waals surface area contributed by atoms with Crippen molar-refractivity contribution in [1.29, 1.82) is 0 Å². The molecule has 0 unspecified atom stereocenters. The Labute approximate surface area is 145 Å². The van der Waals surface area contributed by atoms with E-state index in [1.165, 1.54) is 18.2 Å². The minimum absolute atomic E-state index is 0.0690. The first kappa shape index (κ1) is 18.6. The predicted molar refractivity (Wildman–Crippen MR) is 90.4 cm³/mol. The molecule has 2 rings (SSSR count). The fourth-order valence-electron chi connectivity index (χ4n) is 2.14. The van der Waals surface area contributed by atoms with Crippen LogP contribution in [0.5, 0.6) is 5.75 Å². The Balaban J connectivity index is 1.71. The van der Waals surface area contributed by atoms with Gasteiger partial charge in [-0.1, -0.05) is 18.2 Å². The van der Waals surface area contributed by atoms with Gasteiger partial charge in [0.05, 0.1) is 6.61 Å². The first-order valence-corrected chi connectivity index (χ1v) is 7.85. The Morgan fingerprint density at radius 2 is 1.96 bits per heavy atom. The summed E-state index contributed by atoms with van der Waals surface area (Å²) >= 11 is 0. The molecule has 0 saturated carbocycles. The molecule has 0 aliphatic heterocycles. The maximum Gasteiger partial charge on any atom is 0.387 e. The second-order valence-corrected chi connectivity index (χ2v) is 5.32. The lowest BCUT2D eigenvalue weighted by Crippen LogP contribution is -2.04. The molecule has 0 bridgehead atoms. The summed E-state index contributed by atoms with van der Waals surface area (Å²) in [5, 5.41) is 0. The van der Waals surface area contributed by atoms with Crippen LogP contribution in [0.4, 0.5) is 8.78 Å². The van der Waals surface area contributed by atoms with Crippen LogP contribution in [-0.4, -0.2) is 24.2 Å². The molecule has 0 amide bonds. The van der Waals surface area contributed by atoms with Gasteiger partial charge in [-0.2, -0.15) is 8.78 Å². The fourth-order valence-corrected chi connectivity index (χ4v) is 2.14. The Bertz CT molecular complexity index is 715. The van der Waals surface area contributed by atoms with E-state index in [1.54, 1.807) is 18.2 Å². The number of nitrogens with zero attached hydrogens (tertiary/aromatic N) is 1. The van der Waals surface area contributed by atoms with Crippen molar-refractivity contribution in [2.45, 2.75) is 26.4 Å². The molecule has 1 heterocycles. The zero-order valence-corrected chi connectivity index (χ0v) is 13.8. The van der Waals surface area contributed by atoms with E-state index in [0.717, 1.165) is 17.8 Å². The van der Waals surface area contributed by atoms with Crippen LogP contribution < -0.4 is 4.74 Å². The third-order valence-corrected chi connectivity index (χ3v) is 3.28. The van der Waals surface area contributed by atoms with E-state index >= 15 is 0 Å². The predicted octanol–water partition coefficient (Wildman–Crippen LogP) is 4.18. The number of rotatable bonds is 8. The molecule has 0 saturated heterocycles. The van der Waals surface area contributed by atoms with Gasteiger partial charge in [-0.3, -0.25) is 4.98 Å². The smallest absolute Gasteiger partial charge is 0.387 e. The average molecular weight is 347 g/mol. The maximum atomic E-state index is 12.0. The van der Waals surface area contributed by atoms with Gasteiger partial charge in [0, 0.05) is 17.5 Å². The number of aryl methyl sites for hydroxylation is 2. The highest BCUT2D eigenvalue weighted by Gasteiger charge is 2.03. The number of pyridine rings is 1. The monoisotopic (exact) mass is 347 g/mol. The molecule has 0 aliphatic rings. The minimum Gasteiger partial charge on any atom is -0.463 e. The number of hydrogen-bond acceptors (Lipinski definition) is 4. The third kappa shape index (κ3) is 7.12. The molecule has 0 fully saturated rings. The Morgan fingerprint density at radius 1 is 1.20 bits per heavy atom. The van der Waals surface area contributed by atoms with Crippen LogP contribution in [0.2, 0.25) is 0 Å². The first-order chi connectivity index (χ1) is 12.0. The number of carbonyl (C=O) groups is 1. The minimum atomic E-state index is -2.86. The number of aromatic nitrogens is 1. The summed E-state index contributed by atoms with van der Waals surface area (Å²) in [5.74, 6) is -0.385. The Hall–Kier alpha value is -2.76. The van der Waals surface area contributed by atoms with Crippen LogP contribution in [0.1, 0.15) is 23.4 Å². The molecule has 0 radical (unpaired) electrons. The Kier molecular flexibility index (Phi) is 7.07. The molecule has 1 aromatic heterocycles. The van der Waals surface area contributed by atoms with Crippen LogP contribution in [0, 0.1) is 6.92 Å². The maximum absolute atomic E-state index is 12.0. The van der Waals surface area contributed by atoms with E-state index < -0.39 is 12.6 Å². The fraction of sp³-hybridized carbons (Fsp3) is 0.263. The van der Waals surface area contributed by atoms with Crippen LogP contribution in [0.15, 0.2) is 48.5 Å². The molecule has 1 aromatic carbocycles. The molecule has 6 heteroatoms. The number of halogens is 2. The van der Waals surface area contributed by atoms with Gasteiger partial charge in [0.1, 0.15) is 5.75 Å². The normalized spacial score (nSPS) is 11.0. The van der Waals surface area contributed by atoms with Crippen molar-refractivity contribution < 1.29 is 23.0 Å². The van der Waals surface area contributed by atoms with E-state index in [4.69, 9.17) is 4.74 Å². The summed E-state index contributed by atoms with van der Waals surface area (Å²) in [6.45, 7) is -0.619. The first-order valence-electron chi connectivity index (χ1n) is 7.85. The quantitative estimate of drug-likeness (QED) is 0.408. The van der Waals surface area contributed by atoms with Crippen molar-refractivity contribution in [2.75, 3.05) is 6.61 Å². The molecule has 25 heavy (non-hydrogen) atoms. The number of hydrogen-bond donors (Lipinski definition) is 0. The molecule has 0 aliphatic carbocycles. The molecule has 132 valence electrons. The van der Waals surface area contributed by atoms with Crippen molar-refractivity contribution in [2.24, 2.45) is 0 Å². The largest absolute Gasteiger partial charge is 0.463 e. The highest BCUT2D eigenvalue weighted by atomic mass is 19.3. The number of ether oxygens (including phenoxy) is 2. The Morgan fingerprint density at radius 3 is 2.64 bits per heavy atom. The van der Waals surface area contributed by atoms with Gasteiger partial charge in [-0.15, -0.1) is 0 Å². The standard InChI is InChI=1S/C19H19F2NO3/c1-14-4-2-5-16(22-14)6-3-13-24-18(23)12-9-15-7-10-17(11-8-15)25-19(20)21/h2,4-5,7-12,19H,3,6,13H2,1H3/b12-9+. The second kappa shape index (κ2) is 9.52. The van der Waals surface area contributed by atoms with Gasteiger partial charge in [-0.05, 0) is 55.7 Å². The van der Waals surface area contributed by atoms with Crippen molar-refractivity contribution in [3.8, 4) is 5.75 Å². The SMILES string of the molecule is Cc1cccc(CCCOC(=O)/C=C/c2ccc(OC(F)F)cc2)n1. The van der Waals surface area contributed by atoms with E-state index in [-0.39, 0.29) is 5.75 Å². The average Bonchev–Trinajstić information content (AvgIpc) is 2.58. The van der Waals surface area contributed by atoms with Crippen molar-refractivity contribution in [1.82, 2.24) is 4.98 Å². The van der Waals surface area contributed by atoms with Crippen molar-refractivity contribution in [3.05, 3.63) is 65.5 Å². The summed E-state index contributed by atoms with van der Waals surface area (Å²) in [6, 6.07) is 11.8. The van der Waals surface area contributed by atoms with E-state index in [9.17, 15) is 13.6 Å². The van der Waals surface area contributed by atoms with Gasteiger partial charge in [-0.25, -0.2) is 4.79 Å². The summed E-state index contributed by atoms with van der Waals surface area (Å²) in [6.07, 6.45) is 4.28. The van der Waals surface area contributed by atoms with Gasteiger partial charge < -0.3 is 9.47 Å². The number of benzene rings is 1. The zero-order chi connectivity index (χ0) is 18.1. The molecular formula is C19H19F2NO3. The molecule has 4 nitrogen and oxygen atoms in total. The third-order valence-electron chi connectivity index (χ3n) is 3.28. The molecule has 0 atom stereocenters. The van der Waals surface area contributed by atoms with Gasteiger partial charge in [0.25, 0.3) is 0 Å². The van der Waals surface area contributed by atoms with Crippen molar-refractivity contribution >= 4 is 12.0 Å². The van der Waals surface area contributed by atoms with Crippen LogP contribution in [0.25, 0.3) is 6.08 Å². The second-order valence-electron chi connectivity index (χ2n) is 5.32. The summed E-state index contributed by atoms with van der Waals surface area (Å²) in [5.41, 5.74) is 2.61. The lowest BCUT2D eigenvalue weighted by Gasteiger charge is -2.04. The zero-order valence-electron chi connectivity index (χ0n) is 13.8. The molecular weight excluding hydrogens is 328 g/mol. The van der Waals surface area contributed by atoms with Crippen molar-refractivity contribution in [3.63, 3.8) is 0 Å². The highest BCUT2D eigenvalue weighted by Crippen LogP contribution is 2.15.